The number of rotatable bonds is 1. The summed E-state index contributed by atoms with van der Waals surface area (Å²) in [5.41, 5.74) is 7.04. The lowest BCUT2D eigenvalue weighted by Gasteiger charge is -2.12. The maximum Gasteiger partial charge on any atom is 0.163 e. The number of benzene rings is 2. The van der Waals surface area contributed by atoms with Crippen LogP contribution < -0.4 is 0 Å². The molecule has 2 nitrogen and oxygen atoms in total. The van der Waals surface area contributed by atoms with E-state index in [2.05, 4.69) is 18.2 Å². The molecule has 1 aliphatic heterocycles. The molecular weight excluding hydrogens is 236 g/mol. The summed E-state index contributed by atoms with van der Waals surface area (Å²) in [6.07, 6.45) is 1.54. The quantitative estimate of drug-likeness (QED) is 0.774. The molecular formula is C17H14O2. The van der Waals surface area contributed by atoms with E-state index < -0.39 is 0 Å². The van der Waals surface area contributed by atoms with Crippen LogP contribution in [0.25, 0.3) is 11.1 Å². The lowest BCUT2D eigenvalue weighted by Crippen LogP contribution is -1.98. The fourth-order valence-electron chi connectivity index (χ4n) is 3.20. The molecule has 0 atom stereocenters. The summed E-state index contributed by atoms with van der Waals surface area (Å²) in [6.45, 7) is 1.33. The van der Waals surface area contributed by atoms with Gasteiger partial charge in [0.1, 0.15) is 0 Å². The number of ketones is 1. The molecule has 1 heterocycles. The zero-order valence-electron chi connectivity index (χ0n) is 10.6. The smallest absolute Gasteiger partial charge is 0.163 e. The van der Waals surface area contributed by atoms with Crippen molar-refractivity contribution in [2.45, 2.75) is 26.1 Å². The van der Waals surface area contributed by atoms with Crippen LogP contribution in [-0.2, 0) is 24.4 Å². The van der Waals surface area contributed by atoms with Gasteiger partial charge in [-0.1, -0.05) is 30.3 Å². The normalized spacial score (nSPS) is 16.5. The van der Waals surface area contributed by atoms with E-state index in [1.54, 1.807) is 0 Å². The van der Waals surface area contributed by atoms with Crippen LogP contribution in [-0.4, -0.2) is 5.78 Å². The van der Waals surface area contributed by atoms with Crippen molar-refractivity contribution in [3.63, 3.8) is 0 Å². The average Bonchev–Trinajstić information content (AvgIpc) is 3.06. The van der Waals surface area contributed by atoms with Crippen molar-refractivity contribution in [2.24, 2.45) is 0 Å². The van der Waals surface area contributed by atoms with Crippen LogP contribution in [0.3, 0.4) is 0 Å². The van der Waals surface area contributed by atoms with Crippen molar-refractivity contribution in [3.8, 4) is 11.1 Å². The molecule has 2 aromatic rings. The molecule has 0 amide bonds. The van der Waals surface area contributed by atoms with Gasteiger partial charge in [-0.05, 0) is 40.3 Å². The van der Waals surface area contributed by atoms with Crippen molar-refractivity contribution in [3.05, 3.63) is 58.7 Å². The van der Waals surface area contributed by atoms with Gasteiger partial charge in [-0.2, -0.15) is 0 Å². The van der Waals surface area contributed by atoms with Crippen LogP contribution in [0.1, 0.15) is 33.5 Å². The maximum absolute atomic E-state index is 12.0. The molecule has 0 N–H and O–H groups in total. The molecule has 4 rings (SSSR count). The molecule has 94 valence electrons. The van der Waals surface area contributed by atoms with E-state index in [1.165, 1.54) is 27.8 Å². The van der Waals surface area contributed by atoms with E-state index in [1.807, 2.05) is 18.2 Å². The van der Waals surface area contributed by atoms with Crippen LogP contribution in [0.15, 0.2) is 36.4 Å². The van der Waals surface area contributed by atoms with Crippen LogP contribution in [0, 0.1) is 0 Å². The zero-order chi connectivity index (χ0) is 12.8. The largest absolute Gasteiger partial charge is 0.372 e. The Bertz CT molecular complexity index is 671. The maximum atomic E-state index is 12.0. The molecule has 19 heavy (non-hydrogen) atoms. The van der Waals surface area contributed by atoms with Gasteiger partial charge < -0.3 is 4.74 Å². The molecule has 0 aromatic heterocycles. The summed E-state index contributed by atoms with van der Waals surface area (Å²) in [4.78, 5) is 12.0. The molecule has 2 aromatic carbocycles. The van der Waals surface area contributed by atoms with Gasteiger partial charge in [-0.25, -0.2) is 0 Å². The Kier molecular flexibility index (Phi) is 2.32. The molecule has 0 fully saturated rings. The second-order valence-corrected chi connectivity index (χ2v) is 5.19. The van der Waals surface area contributed by atoms with Gasteiger partial charge in [-0.15, -0.1) is 0 Å². The number of hydrogen-bond acceptors (Lipinski definition) is 2. The summed E-state index contributed by atoms with van der Waals surface area (Å²) in [7, 11) is 0. The lowest BCUT2D eigenvalue weighted by molar-refractivity contribution is 0.0994. The molecule has 0 spiro atoms. The number of carbonyl (C=O) groups is 1. The molecule has 0 unspecified atom stereocenters. The van der Waals surface area contributed by atoms with E-state index in [0.29, 0.717) is 19.6 Å². The third kappa shape index (κ3) is 1.57. The van der Waals surface area contributed by atoms with Crippen LogP contribution in [0.2, 0.25) is 0 Å². The van der Waals surface area contributed by atoms with Crippen molar-refractivity contribution < 1.29 is 9.53 Å². The molecule has 0 bridgehead atoms. The highest BCUT2D eigenvalue weighted by molar-refractivity contribution is 6.02. The standard InChI is InChI=1S/C17H14O2/c18-17-7-6-12-14(17)8-13(11-4-2-1-3-5-11)16-10-19-9-15(12)16/h1-5,8H,6-7,9-10H2. The van der Waals surface area contributed by atoms with Gasteiger partial charge >= 0.3 is 0 Å². The first kappa shape index (κ1) is 10.9. The summed E-state index contributed by atoms with van der Waals surface area (Å²) in [5.74, 6) is 0.280. The highest BCUT2D eigenvalue weighted by atomic mass is 16.5. The Morgan fingerprint density at radius 3 is 2.47 bits per heavy atom. The molecule has 0 saturated heterocycles. The average molecular weight is 250 g/mol. The SMILES string of the molecule is O=C1CCc2c1cc(-c1ccccc1)c1c2COC1. The van der Waals surface area contributed by atoms with Crippen molar-refractivity contribution >= 4 is 5.78 Å². The second kappa shape index (κ2) is 4.04. The third-order valence-electron chi connectivity index (χ3n) is 4.15. The van der Waals surface area contributed by atoms with E-state index in [4.69, 9.17) is 4.74 Å². The summed E-state index contributed by atoms with van der Waals surface area (Å²) in [6, 6.07) is 12.4. The van der Waals surface area contributed by atoms with Crippen molar-refractivity contribution in [1.29, 1.82) is 0 Å². The number of fused-ring (bicyclic) bond motifs is 3. The van der Waals surface area contributed by atoms with Crippen LogP contribution in [0.4, 0.5) is 0 Å². The highest BCUT2D eigenvalue weighted by Crippen LogP contribution is 2.38. The summed E-state index contributed by atoms with van der Waals surface area (Å²) < 4.78 is 5.63. The predicted molar refractivity (Wildman–Crippen MR) is 73.0 cm³/mol. The third-order valence-corrected chi connectivity index (χ3v) is 4.15. The number of carbonyl (C=O) groups excluding carboxylic acids is 1. The van der Waals surface area contributed by atoms with E-state index >= 15 is 0 Å². The molecule has 2 aliphatic rings. The van der Waals surface area contributed by atoms with E-state index in [0.717, 1.165) is 12.0 Å². The summed E-state index contributed by atoms with van der Waals surface area (Å²) in [5, 5.41) is 0. The van der Waals surface area contributed by atoms with Gasteiger partial charge in [0.05, 0.1) is 13.2 Å². The number of ether oxygens (including phenoxy) is 1. The monoisotopic (exact) mass is 250 g/mol. The highest BCUT2D eigenvalue weighted by Gasteiger charge is 2.29. The zero-order valence-corrected chi connectivity index (χ0v) is 10.6. The van der Waals surface area contributed by atoms with Gasteiger partial charge in [-0.3, -0.25) is 4.79 Å². The van der Waals surface area contributed by atoms with Gasteiger partial charge in [0.25, 0.3) is 0 Å². The van der Waals surface area contributed by atoms with Gasteiger partial charge in [0.15, 0.2) is 5.78 Å². The fourth-order valence-corrected chi connectivity index (χ4v) is 3.20. The Morgan fingerprint density at radius 2 is 1.63 bits per heavy atom. The van der Waals surface area contributed by atoms with Gasteiger partial charge in [0.2, 0.25) is 0 Å². The number of hydrogen-bond donors (Lipinski definition) is 0. The molecule has 0 saturated carbocycles. The van der Waals surface area contributed by atoms with Crippen LogP contribution in [0.5, 0.6) is 0 Å². The minimum atomic E-state index is 0.280. The fraction of sp³-hybridized carbons (Fsp3) is 0.235. The molecule has 0 radical (unpaired) electrons. The predicted octanol–water partition coefficient (Wildman–Crippen LogP) is 3.51. The summed E-state index contributed by atoms with van der Waals surface area (Å²) >= 11 is 0. The molecule has 2 heteroatoms. The van der Waals surface area contributed by atoms with Gasteiger partial charge in [0, 0.05) is 12.0 Å². The van der Waals surface area contributed by atoms with Crippen LogP contribution >= 0.6 is 0 Å². The topological polar surface area (TPSA) is 26.3 Å². The first-order chi connectivity index (χ1) is 9.34. The Hall–Kier alpha value is -1.93. The van der Waals surface area contributed by atoms with Crippen molar-refractivity contribution in [2.75, 3.05) is 0 Å². The minimum Gasteiger partial charge on any atom is -0.372 e. The minimum absolute atomic E-state index is 0.280. The number of Topliss-reactive ketones (excluding diaryl/α,β-unsaturated/α-hetero) is 1. The lowest BCUT2D eigenvalue weighted by atomic mass is 9.91. The second-order valence-electron chi connectivity index (χ2n) is 5.19. The Morgan fingerprint density at radius 1 is 0.842 bits per heavy atom. The Balaban J connectivity index is 2.00. The first-order valence-electron chi connectivity index (χ1n) is 6.68. The van der Waals surface area contributed by atoms with E-state index in [9.17, 15) is 4.79 Å². The Labute approximate surface area is 112 Å². The van der Waals surface area contributed by atoms with E-state index in [-0.39, 0.29) is 5.78 Å². The first-order valence-corrected chi connectivity index (χ1v) is 6.68. The molecule has 1 aliphatic carbocycles. The van der Waals surface area contributed by atoms with Crippen molar-refractivity contribution in [1.82, 2.24) is 0 Å².